The molecule has 0 spiro atoms. The summed E-state index contributed by atoms with van der Waals surface area (Å²) in [6.45, 7) is 2.82. The highest BCUT2D eigenvalue weighted by Crippen LogP contribution is 2.20. The zero-order valence-corrected chi connectivity index (χ0v) is 11.2. The molecule has 0 bridgehead atoms. The van der Waals surface area contributed by atoms with E-state index in [0.717, 1.165) is 25.7 Å². The summed E-state index contributed by atoms with van der Waals surface area (Å²) in [5.74, 6) is -0.827. The van der Waals surface area contributed by atoms with Crippen molar-refractivity contribution in [2.75, 3.05) is 5.88 Å². The van der Waals surface area contributed by atoms with Crippen LogP contribution in [0.15, 0.2) is 0 Å². The predicted molar refractivity (Wildman–Crippen MR) is 65.9 cm³/mol. The predicted octanol–water partition coefficient (Wildman–Crippen LogP) is 2.00. The van der Waals surface area contributed by atoms with Crippen LogP contribution in [0.5, 0.6) is 0 Å². The molecular formula is C12H20ClNO3. The van der Waals surface area contributed by atoms with Crippen molar-refractivity contribution >= 4 is 23.5 Å². The molecule has 1 saturated carbocycles. The maximum Gasteiger partial charge on any atom is 0.303 e. The Balaban J connectivity index is 2.55. The number of rotatable bonds is 4. The molecule has 0 saturated heterocycles. The lowest BCUT2D eigenvalue weighted by atomic mass is 9.94. The minimum absolute atomic E-state index is 0.0366. The Labute approximate surface area is 107 Å². The van der Waals surface area contributed by atoms with Crippen LogP contribution in [0.25, 0.3) is 0 Å². The van der Waals surface area contributed by atoms with E-state index in [1.54, 1.807) is 6.92 Å². The molecule has 0 aliphatic heterocycles. The third kappa shape index (κ3) is 4.19. The number of hydrogen-bond donors (Lipinski definition) is 1. The van der Waals surface area contributed by atoms with Crippen molar-refractivity contribution in [3.8, 4) is 0 Å². The smallest absolute Gasteiger partial charge is 0.303 e. The van der Waals surface area contributed by atoms with Crippen LogP contribution < -0.4 is 5.32 Å². The van der Waals surface area contributed by atoms with Gasteiger partial charge in [-0.3, -0.25) is 9.59 Å². The van der Waals surface area contributed by atoms with Gasteiger partial charge in [0.1, 0.15) is 0 Å². The number of esters is 1. The minimum Gasteiger partial charge on any atom is -0.448 e. The van der Waals surface area contributed by atoms with Gasteiger partial charge in [0, 0.05) is 13.0 Å². The molecule has 4 nitrogen and oxygen atoms in total. The number of carbonyl (C=O) groups excluding carboxylic acids is 2. The standard InChI is InChI=1S/C12H20ClNO3/c1-9(15)17-12(2,8-13)11(16)14-10-6-4-3-5-7-10/h10H,3-8H2,1-2H3,(H,14,16). The van der Waals surface area contributed by atoms with Crippen molar-refractivity contribution in [3.05, 3.63) is 0 Å². The van der Waals surface area contributed by atoms with Crippen molar-refractivity contribution in [2.45, 2.75) is 57.6 Å². The maximum absolute atomic E-state index is 12.0. The lowest BCUT2D eigenvalue weighted by molar-refractivity contribution is -0.162. The van der Waals surface area contributed by atoms with Gasteiger partial charge >= 0.3 is 5.97 Å². The molecule has 1 rings (SSSR count). The number of nitrogens with one attached hydrogen (secondary N) is 1. The molecular weight excluding hydrogens is 242 g/mol. The van der Waals surface area contributed by atoms with Gasteiger partial charge in [0.2, 0.25) is 5.60 Å². The van der Waals surface area contributed by atoms with Gasteiger partial charge in [0.05, 0.1) is 5.88 Å². The van der Waals surface area contributed by atoms with E-state index in [-0.39, 0.29) is 17.8 Å². The van der Waals surface area contributed by atoms with Gasteiger partial charge in [-0.1, -0.05) is 19.3 Å². The second kappa shape index (κ2) is 6.24. The first-order chi connectivity index (χ1) is 7.98. The molecule has 0 aromatic heterocycles. The van der Waals surface area contributed by atoms with Gasteiger partial charge in [-0.15, -0.1) is 11.6 Å². The summed E-state index contributed by atoms with van der Waals surface area (Å²) >= 11 is 5.73. The quantitative estimate of drug-likeness (QED) is 0.622. The van der Waals surface area contributed by atoms with E-state index < -0.39 is 11.6 Å². The summed E-state index contributed by atoms with van der Waals surface area (Å²) in [5, 5.41) is 2.92. The first-order valence-corrected chi connectivity index (χ1v) is 6.58. The fourth-order valence-corrected chi connectivity index (χ4v) is 2.21. The zero-order valence-electron chi connectivity index (χ0n) is 10.4. The molecule has 98 valence electrons. The van der Waals surface area contributed by atoms with E-state index in [1.807, 2.05) is 0 Å². The summed E-state index contributed by atoms with van der Waals surface area (Å²) in [4.78, 5) is 23.0. The summed E-state index contributed by atoms with van der Waals surface area (Å²) in [5.41, 5.74) is -1.26. The monoisotopic (exact) mass is 261 g/mol. The lowest BCUT2D eigenvalue weighted by Crippen LogP contribution is -2.52. The molecule has 5 heteroatoms. The molecule has 0 heterocycles. The van der Waals surface area contributed by atoms with Crippen molar-refractivity contribution in [2.24, 2.45) is 0 Å². The molecule has 0 aromatic carbocycles. The van der Waals surface area contributed by atoms with Crippen LogP contribution in [0, 0.1) is 0 Å². The Morgan fingerprint density at radius 1 is 1.35 bits per heavy atom. The lowest BCUT2D eigenvalue weighted by Gasteiger charge is -2.30. The van der Waals surface area contributed by atoms with Crippen LogP contribution in [-0.2, 0) is 14.3 Å². The average Bonchev–Trinajstić information content (AvgIpc) is 2.29. The Kier molecular flexibility index (Phi) is 5.25. The molecule has 1 aliphatic rings. The number of carbonyl (C=O) groups is 2. The number of alkyl halides is 1. The summed E-state index contributed by atoms with van der Waals surface area (Å²) < 4.78 is 5.01. The van der Waals surface area contributed by atoms with E-state index in [9.17, 15) is 9.59 Å². The Morgan fingerprint density at radius 3 is 2.41 bits per heavy atom. The molecule has 1 aliphatic carbocycles. The van der Waals surface area contributed by atoms with Crippen LogP contribution in [0.3, 0.4) is 0 Å². The van der Waals surface area contributed by atoms with Gasteiger partial charge < -0.3 is 10.1 Å². The van der Waals surface area contributed by atoms with Crippen molar-refractivity contribution < 1.29 is 14.3 Å². The van der Waals surface area contributed by atoms with Crippen LogP contribution in [0.4, 0.5) is 0 Å². The largest absolute Gasteiger partial charge is 0.448 e. The van der Waals surface area contributed by atoms with Gasteiger partial charge in [0.25, 0.3) is 5.91 Å². The molecule has 1 N–H and O–H groups in total. The van der Waals surface area contributed by atoms with E-state index >= 15 is 0 Å². The van der Waals surface area contributed by atoms with E-state index in [2.05, 4.69) is 5.32 Å². The highest BCUT2D eigenvalue weighted by molar-refractivity contribution is 6.20. The minimum atomic E-state index is -1.26. The molecule has 1 unspecified atom stereocenters. The zero-order chi connectivity index (χ0) is 12.9. The van der Waals surface area contributed by atoms with Crippen molar-refractivity contribution in [3.63, 3.8) is 0 Å². The highest BCUT2D eigenvalue weighted by atomic mass is 35.5. The third-order valence-corrected chi connectivity index (χ3v) is 3.55. The summed E-state index contributed by atoms with van der Waals surface area (Å²) in [7, 11) is 0. The topological polar surface area (TPSA) is 55.4 Å². The number of hydrogen-bond acceptors (Lipinski definition) is 3. The van der Waals surface area contributed by atoms with Crippen LogP contribution in [0.2, 0.25) is 0 Å². The molecule has 0 radical (unpaired) electrons. The van der Waals surface area contributed by atoms with E-state index in [4.69, 9.17) is 16.3 Å². The normalized spacial score (nSPS) is 20.4. The number of halogens is 1. The van der Waals surface area contributed by atoms with Gasteiger partial charge in [-0.05, 0) is 19.8 Å². The molecule has 1 fully saturated rings. The van der Waals surface area contributed by atoms with Gasteiger partial charge in [0.15, 0.2) is 0 Å². The van der Waals surface area contributed by atoms with Gasteiger partial charge in [-0.25, -0.2) is 0 Å². The second-order valence-electron chi connectivity index (χ2n) is 4.77. The number of amides is 1. The first kappa shape index (κ1) is 14.3. The highest BCUT2D eigenvalue weighted by Gasteiger charge is 2.37. The summed E-state index contributed by atoms with van der Waals surface area (Å²) in [6.07, 6.45) is 5.48. The first-order valence-electron chi connectivity index (χ1n) is 6.04. The third-order valence-electron chi connectivity index (χ3n) is 3.04. The molecule has 1 atom stereocenters. The number of ether oxygens (including phenoxy) is 1. The summed E-state index contributed by atoms with van der Waals surface area (Å²) in [6, 6.07) is 0.189. The van der Waals surface area contributed by atoms with E-state index in [1.165, 1.54) is 13.3 Å². The molecule has 17 heavy (non-hydrogen) atoms. The fraction of sp³-hybridized carbons (Fsp3) is 0.833. The van der Waals surface area contributed by atoms with Crippen molar-refractivity contribution in [1.29, 1.82) is 0 Å². The van der Waals surface area contributed by atoms with Gasteiger partial charge in [-0.2, -0.15) is 0 Å². The molecule has 0 aromatic rings. The van der Waals surface area contributed by atoms with E-state index in [0.29, 0.717) is 0 Å². The van der Waals surface area contributed by atoms with Crippen LogP contribution in [0.1, 0.15) is 46.0 Å². The Bertz CT molecular complexity index is 289. The van der Waals surface area contributed by atoms with Crippen LogP contribution in [-0.4, -0.2) is 29.4 Å². The van der Waals surface area contributed by atoms with Crippen LogP contribution >= 0.6 is 11.6 Å². The molecule has 1 amide bonds. The Hall–Kier alpha value is -0.770. The maximum atomic E-state index is 12.0. The fourth-order valence-electron chi connectivity index (χ4n) is 2.04. The average molecular weight is 262 g/mol. The Morgan fingerprint density at radius 2 is 1.94 bits per heavy atom. The van der Waals surface area contributed by atoms with Crippen molar-refractivity contribution in [1.82, 2.24) is 5.32 Å². The second-order valence-corrected chi connectivity index (χ2v) is 5.03. The SMILES string of the molecule is CC(=O)OC(C)(CCl)C(=O)NC1CCCCC1.